The van der Waals surface area contributed by atoms with Crippen LogP contribution in [0.2, 0.25) is 0 Å². The number of amides is 1. The van der Waals surface area contributed by atoms with E-state index in [4.69, 9.17) is 9.47 Å². The monoisotopic (exact) mass is 424 g/mol. The lowest BCUT2D eigenvalue weighted by atomic mass is 9.99. The van der Waals surface area contributed by atoms with Crippen molar-refractivity contribution in [3.05, 3.63) is 12.3 Å². The highest BCUT2D eigenvalue weighted by Crippen LogP contribution is 2.24. The first-order chi connectivity index (χ1) is 14.2. The average molecular weight is 425 g/mol. The summed E-state index contributed by atoms with van der Waals surface area (Å²) in [6.45, 7) is 15.4. The van der Waals surface area contributed by atoms with E-state index in [1.54, 1.807) is 0 Å². The average Bonchev–Trinajstić information content (AvgIpc) is 2.70. The molecular formula is C25H48N2O3. The van der Waals surface area contributed by atoms with Gasteiger partial charge in [0.05, 0.1) is 11.7 Å². The predicted octanol–water partition coefficient (Wildman–Crippen LogP) is 5.84. The molecule has 0 aromatic carbocycles. The Kier molecular flexibility index (Phi) is 12.8. The lowest BCUT2D eigenvalue weighted by Crippen LogP contribution is -2.50. The number of hydrogen-bond donors (Lipinski definition) is 2. The second-order valence-electron chi connectivity index (χ2n) is 9.61. The summed E-state index contributed by atoms with van der Waals surface area (Å²) < 4.78 is 12.2. The molecule has 1 atom stereocenters. The molecule has 0 bridgehead atoms. The van der Waals surface area contributed by atoms with Crippen LogP contribution in [0.5, 0.6) is 0 Å². The molecule has 0 saturated heterocycles. The minimum atomic E-state index is -0.386. The van der Waals surface area contributed by atoms with Crippen molar-refractivity contribution in [1.82, 2.24) is 10.6 Å². The van der Waals surface area contributed by atoms with E-state index >= 15 is 0 Å². The van der Waals surface area contributed by atoms with Crippen molar-refractivity contribution in [1.29, 1.82) is 0 Å². The summed E-state index contributed by atoms with van der Waals surface area (Å²) in [6, 6.07) is 0. The van der Waals surface area contributed by atoms with E-state index in [0.717, 1.165) is 31.4 Å². The number of ether oxygens (including phenoxy) is 2. The highest BCUT2D eigenvalue weighted by molar-refractivity contribution is 5.78. The number of hydrogen-bond acceptors (Lipinski definition) is 4. The molecule has 0 radical (unpaired) electrons. The first kappa shape index (κ1) is 27.1. The normalized spacial score (nSPS) is 19.1. The second kappa shape index (κ2) is 14.2. The van der Waals surface area contributed by atoms with Crippen LogP contribution in [-0.4, -0.2) is 36.5 Å². The number of carbonyl (C=O) groups excluding carboxylic acids is 1. The number of carbonyl (C=O) groups is 1. The minimum Gasteiger partial charge on any atom is -0.368 e. The summed E-state index contributed by atoms with van der Waals surface area (Å²) in [5, 5.41) is 6.38. The largest absolute Gasteiger partial charge is 0.368 e. The van der Waals surface area contributed by atoms with Gasteiger partial charge < -0.3 is 14.8 Å². The second-order valence-corrected chi connectivity index (χ2v) is 9.61. The maximum Gasteiger partial charge on any atom is 0.250 e. The van der Waals surface area contributed by atoms with Gasteiger partial charge in [0, 0.05) is 12.2 Å². The summed E-state index contributed by atoms with van der Waals surface area (Å²) in [6.07, 6.45) is 13.9. The molecule has 0 heterocycles. The van der Waals surface area contributed by atoms with Crippen LogP contribution in [0.15, 0.2) is 12.3 Å². The molecular weight excluding hydrogens is 376 g/mol. The van der Waals surface area contributed by atoms with Crippen LogP contribution < -0.4 is 10.6 Å². The third-order valence-electron chi connectivity index (χ3n) is 6.27. The predicted molar refractivity (Wildman–Crippen MR) is 125 cm³/mol. The molecule has 0 spiro atoms. The molecule has 0 aliphatic heterocycles. The summed E-state index contributed by atoms with van der Waals surface area (Å²) in [7, 11) is 0. The molecule has 1 aliphatic carbocycles. The molecule has 0 aromatic rings. The van der Waals surface area contributed by atoms with Crippen molar-refractivity contribution < 1.29 is 14.3 Å². The molecule has 1 unspecified atom stereocenters. The van der Waals surface area contributed by atoms with Gasteiger partial charge in [-0.3, -0.25) is 10.1 Å². The van der Waals surface area contributed by atoms with E-state index < -0.39 is 0 Å². The Morgan fingerprint density at radius 3 is 2.07 bits per heavy atom. The topological polar surface area (TPSA) is 59.6 Å². The van der Waals surface area contributed by atoms with Crippen LogP contribution in [0.1, 0.15) is 112 Å². The SMILES string of the molecule is C=C(CCNC(C)(CC)OC(C)(C)CC)NC(=O)COC1CCCCCCCCC1. The van der Waals surface area contributed by atoms with Crippen molar-refractivity contribution in [2.24, 2.45) is 0 Å². The fourth-order valence-corrected chi connectivity index (χ4v) is 3.82. The Morgan fingerprint density at radius 1 is 0.967 bits per heavy atom. The molecule has 1 rings (SSSR count). The molecule has 30 heavy (non-hydrogen) atoms. The van der Waals surface area contributed by atoms with Crippen molar-refractivity contribution >= 4 is 5.91 Å². The van der Waals surface area contributed by atoms with Gasteiger partial charge in [0.25, 0.3) is 0 Å². The van der Waals surface area contributed by atoms with Gasteiger partial charge >= 0.3 is 0 Å². The lowest BCUT2D eigenvalue weighted by Gasteiger charge is -2.38. The molecule has 0 aromatic heterocycles. The van der Waals surface area contributed by atoms with E-state index in [-0.39, 0.29) is 29.9 Å². The Morgan fingerprint density at radius 2 is 1.53 bits per heavy atom. The Labute approximate surface area is 185 Å². The van der Waals surface area contributed by atoms with Crippen LogP contribution in [0.25, 0.3) is 0 Å². The third kappa shape index (κ3) is 12.1. The standard InChI is InChI=1S/C25H48N2O3/c1-7-24(4,5)30-25(6,8-2)26-19-18-21(3)27-23(28)20-29-22-16-14-12-10-9-11-13-15-17-22/h22,26H,3,7-20H2,1-2,4-6H3,(H,27,28). The number of rotatable bonds is 12. The van der Waals surface area contributed by atoms with E-state index in [1.807, 2.05) is 0 Å². The van der Waals surface area contributed by atoms with Gasteiger partial charge in [0.1, 0.15) is 12.3 Å². The molecule has 1 saturated carbocycles. The van der Waals surface area contributed by atoms with Gasteiger partial charge in [-0.1, -0.05) is 65.4 Å². The smallest absolute Gasteiger partial charge is 0.250 e. The molecule has 176 valence electrons. The fraction of sp³-hybridized carbons (Fsp3) is 0.880. The Balaban J connectivity index is 2.30. The maximum atomic E-state index is 12.3. The van der Waals surface area contributed by atoms with Crippen LogP contribution in [-0.2, 0) is 14.3 Å². The van der Waals surface area contributed by atoms with Crippen molar-refractivity contribution in [2.75, 3.05) is 13.2 Å². The lowest BCUT2D eigenvalue weighted by molar-refractivity contribution is -0.151. The zero-order valence-corrected chi connectivity index (χ0v) is 20.4. The van der Waals surface area contributed by atoms with Gasteiger partial charge in [-0.05, 0) is 52.9 Å². The number of nitrogens with one attached hydrogen (secondary N) is 2. The maximum absolute atomic E-state index is 12.3. The van der Waals surface area contributed by atoms with Crippen LogP contribution >= 0.6 is 0 Å². The highest BCUT2D eigenvalue weighted by Gasteiger charge is 2.30. The zero-order valence-electron chi connectivity index (χ0n) is 20.4. The quantitative estimate of drug-likeness (QED) is 0.387. The highest BCUT2D eigenvalue weighted by atomic mass is 16.5. The fourth-order valence-electron chi connectivity index (χ4n) is 3.82. The van der Waals surface area contributed by atoms with E-state index in [2.05, 4.69) is 51.8 Å². The molecule has 1 aliphatic rings. The van der Waals surface area contributed by atoms with E-state index in [9.17, 15) is 4.79 Å². The van der Waals surface area contributed by atoms with E-state index in [1.165, 1.54) is 44.9 Å². The first-order valence-corrected chi connectivity index (χ1v) is 12.2. The molecule has 2 N–H and O–H groups in total. The summed E-state index contributed by atoms with van der Waals surface area (Å²) in [5.74, 6) is -0.0984. The first-order valence-electron chi connectivity index (χ1n) is 12.2. The summed E-state index contributed by atoms with van der Waals surface area (Å²) in [5.41, 5.74) is 0.160. The summed E-state index contributed by atoms with van der Waals surface area (Å²) in [4.78, 5) is 12.3. The van der Waals surface area contributed by atoms with Crippen molar-refractivity contribution in [2.45, 2.75) is 129 Å². The van der Waals surface area contributed by atoms with Crippen LogP contribution in [0.3, 0.4) is 0 Å². The molecule has 5 nitrogen and oxygen atoms in total. The van der Waals surface area contributed by atoms with E-state index in [0.29, 0.717) is 13.0 Å². The minimum absolute atomic E-state index is 0.0984. The van der Waals surface area contributed by atoms with Crippen molar-refractivity contribution in [3.63, 3.8) is 0 Å². The van der Waals surface area contributed by atoms with Gasteiger partial charge in [0.15, 0.2) is 0 Å². The van der Waals surface area contributed by atoms with Crippen LogP contribution in [0, 0.1) is 0 Å². The Hall–Kier alpha value is -0.910. The molecule has 1 amide bonds. The van der Waals surface area contributed by atoms with Crippen molar-refractivity contribution in [3.8, 4) is 0 Å². The third-order valence-corrected chi connectivity index (χ3v) is 6.27. The van der Waals surface area contributed by atoms with Crippen LogP contribution in [0.4, 0.5) is 0 Å². The molecule has 5 heteroatoms. The van der Waals surface area contributed by atoms with Gasteiger partial charge in [-0.2, -0.15) is 0 Å². The van der Waals surface area contributed by atoms with Gasteiger partial charge in [-0.25, -0.2) is 0 Å². The van der Waals surface area contributed by atoms with Gasteiger partial charge in [0.2, 0.25) is 5.91 Å². The van der Waals surface area contributed by atoms with Gasteiger partial charge in [-0.15, -0.1) is 0 Å². The summed E-state index contributed by atoms with van der Waals surface area (Å²) >= 11 is 0. The molecule has 1 fully saturated rings. The Bertz CT molecular complexity index is 497. The zero-order chi connectivity index (χ0) is 22.5.